The molecule has 0 aromatic carbocycles. The van der Waals surface area contributed by atoms with Crippen molar-refractivity contribution >= 4 is 10.2 Å². The monoisotopic (exact) mass is 317 g/mol. The molecule has 0 aromatic heterocycles. The van der Waals surface area contributed by atoms with E-state index in [-0.39, 0.29) is 12.1 Å². The van der Waals surface area contributed by atoms with Crippen LogP contribution in [-0.2, 0) is 10.2 Å². The highest BCUT2D eigenvalue weighted by atomic mass is 32.2. The lowest BCUT2D eigenvalue weighted by Crippen LogP contribution is -2.54. The molecule has 2 fully saturated rings. The maximum atomic E-state index is 12.7. The Morgan fingerprint density at radius 1 is 1.00 bits per heavy atom. The van der Waals surface area contributed by atoms with Gasteiger partial charge in [0.1, 0.15) is 0 Å². The Morgan fingerprint density at radius 3 is 2.33 bits per heavy atom. The van der Waals surface area contributed by atoms with Gasteiger partial charge in [-0.25, -0.2) is 0 Å². The molecule has 0 radical (unpaired) electrons. The molecule has 0 amide bonds. The smallest absolute Gasteiger partial charge is 0.279 e. The fourth-order valence-electron chi connectivity index (χ4n) is 3.48. The van der Waals surface area contributed by atoms with Gasteiger partial charge in [-0.05, 0) is 32.2 Å². The number of piperidine rings is 1. The second-order valence-corrected chi connectivity index (χ2v) is 8.03. The maximum absolute atomic E-state index is 12.7. The Balaban J connectivity index is 1.97. The quantitative estimate of drug-likeness (QED) is 0.737. The van der Waals surface area contributed by atoms with Gasteiger partial charge >= 0.3 is 0 Å². The Bertz CT molecular complexity index is 392. The van der Waals surface area contributed by atoms with Crippen molar-refractivity contribution in [2.75, 3.05) is 19.6 Å². The van der Waals surface area contributed by atoms with E-state index in [2.05, 4.69) is 17.0 Å². The molecule has 6 heteroatoms. The molecule has 2 N–H and O–H groups in total. The van der Waals surface area contributed by atoms with Gasteiger partial charge < -0.3 is 5.32 Å². The van der Waals surface area contributed by atoms with E-state index < -0.39 is 10.2 Å². The third kappa shape index (κ3) is 5.20. The Labute approximate surface area is 130 Å². The van der Waals surface area contributed by atoms with Crippen LogP contribution in [0.5, 0.6) is 0 Å². The molecule has 21 heavy (non-hydrogen) atoms. The summed E-state index contributed by atoms with van der Waals surface area (Å²) in [6.07, 6.45) is 9.84. The van der Waals surface area contributed by atoms with Crippen LogP contribution in [0.25, 0.3) is 0 Å². The Hall–Kier alpha value is -0.170. The van der Waals surface area contributed by atoms with Gasteiger partial charge in [-0.15, -0.1) is 0 Å². The number of nitrogens with zero attached hydrogens (tertiary/aromatic N) is 1. The first kappa shape index (κ1) is 17.2. The third-order valence-corrected chi connectivity index (χ3v) is 6.41. The standard InChI is InChI=1S/C15H31N3O2S/c1-2-16-13-15-11-7-8-12-18(15)21(19,20)17-14-9-5-3-4-6-10-14/h14-17H,2-13H2,1H3. The fourth-order valence-corrected chi connectivity index (χ4v) is 5.22. The van der Waals surface area contributed by atoms with Crippen LogP contribution in [0.4, 0.5) is 0 Å². The predicted octanol–water partition coefficient (Wildman–Crippen LogP) is 2.01. The number of rotatable bonds is 6. The zero-order valence-electron chi connectivity index (χ0n) is 13.3. The number of hydrogen-bond acceptors (Lipinski definition) is 3. The van der Waals surface area contributed by atoms with E-state index in [1.54, 1.807) is 4.31 Å². The topological polar surface area (TPSA) is 61.4 Å². The van der Waals surface area contributed by atoms with Crippen LogP contribution < -0.4 is 10.0 Å². The molecule has 1 heterocycles. The van der Waals surface area contributed by atoms with Crippen molar-refractivity contribution in [3.63, 3.8) is 0 Å². The normalized spacial score (nSPS) is 26.6. The maximum Gasteiger partial charge on any atom is 0.279 e. The van der Waals surface area contributed by atoms with E-state index in [1.807, 2.05) is 0 Å². The first-order valence-corrected chi connectivity index (χ1v) is 10.1. The van der Waals surface area contributed by atoms with Gasteiger partial charge in [-0.2, -0.15) is 17.4 Å². The van der Waals surface area contributed by atoms with E-state index in [9.17, 15) is 8.42 Å². The van der Waals surface area contributed by atoms with Crippen LogP contribution in [0, 0.1) is 0 Å². The predicted molar refractivity (Wildman–Crippen MR) is 86.4 cm³/mol. The average Bonchev–Trinajstić information content (AvgIpc) is 2.73. The van der Waals surface area contributed by atoms with Crippen LogP contribution in [0.3, 0.4) is 0 Å². The average molecular weight is 317 g/mol. The van der Waals surface area contributed by atoms with Crippen molar-refractivity contribution in [3.8, 4) is 0 Å². The number of nitrogens with one attached hydrogen (secondary N) is 2. The van der Waals surface area contributed by atoms with Crippen LogP contribution in [0.2, 0.25) is 0 Å². The molecule has 2 rings (SSSR count). The van der Waals surface area contributed by atoms with Gasteiger partial charge in [0.15, 0.2) is 0 Å². The molecule has 0 aromatic rings. The fraction of sp³-hybridized carbons (Fsp3) is 1.00. The van der Waals surface area contributed by atoms with Gasteiger partial charge in [0, 0.05) is 25.2 Å². The molecule has 1 saturated heterocycles. The molecule has 1 aliphatic heterocycles. The van der Waals surface area contributed by atoms with Gasteiger partial charge in [0.05, 0.1) is 0 Å². The van der Waals surface area contributed by atoms with E-state index in [1.165, 1.54) is 12.8 Å². The molecule has 5 nitrogen and oxygen atoms in total. The van der Waals surface area contributed by atoms with Crippen LogP contribution in [-0.4, -0.2) is 44.4 Å². The highest BCUT2D eigenvalue weighted by Gasteiger charge is 2.33. The minimum atomic E-state index is -3.34. The summed E-state index contributed by atoms with van der Waals surface area (Å²) in [7, 11) is -3.34. The van der Waals surface area contributed by atoms with Gasteiger partial charge in [0.25, 0.3) is 10.2 Å². The molecule has 1 saturated carbocycles. The summed E-state index contributed by atoms with van der Waals surface area (Å²) in [4.78, 5) is 0. The summed E-state index contributed by atoms with van der Waals surface area (Å²) >= 11 is 0. The van der Waals surface area contributed by atoms with Gasteiger partial charge in [-0.3, -0.25) is 0 Å². The summed E-state index contributed by atoms with van der Waals surface area (Å²) in [6, 6.07) is 0.251. The van der Waals surface area contributed by atoms with E-state index >= 15 is 0 Å². The second kappa shape index (κ2) is 8.46. The third-order valence-electron chi connectivity index (χ3n) is 4.68. The van der Waals surface area contributed by atoms with Crippen molar-refractivity contribution in [1.29, 1.82) is 0 Å². The highest BCUT2D eigenvalue weighted by molar-refractivity contribution is 7.87. The Kier molecular flexibility index (Phi) is 6.92. The van der Waals surface area contributed by atoms with Crippen molar-refractivity contribution in [2.45, 2.75) is 76.8 Å². The van der Waals surface area contributed by atoms with Crippen molar-refractivity contribution < 1.29 is 8.42 Å². The number of likely N-dealkylation sites (N-methyl/N-ethyl adjacent to an activating group) is 1. The first-order valence-electron chi connectivity index (χ1n) is 8.63. The lowest BCUT2D eigenvalue weighted by Gasteiger charge is -2.35. The van der Waals surface area contributed by atoms with Crippen molar-refractivity contribution in [1.82, 2.24) is 14.3 Å². The molecule has 1 aliphatic carbocycles. The van der Waals surface area contributed by atoms with Gasteiger partial charge in [0.2, 0.25) is 0 Å². The summed E-state index contributed by atoms with van der Waals surface area (Å²) in [5.41, 5.74) is 0. The summed E-state index contributed by atoms with van der Waals surface area (Å²) < 4.78 is 30.1. The molecular formula is C15H31N3O2S. The summed E-state index contributed by atoms with van der Waals surface area (Å²) in [6.45, 7) is 4.38. The van der Waals surface area contributed by atoms with Crippen molar-refractivity contribution in [2.24, 2.45) is 0 Å². The van der Waals surface area contributed by atoms with Crippen molar-refractivity contribution in [3.05, 3.63) is 0 Å². The SMILES string of the molecule is CCNCC1CCCCN1S(=O)(=O)NC1CCCCCC1. The lowest BCUT2D eigenvalue weighted by molar-refractivity contribution is 0.242. The molecular weight excluding hydrogens is 286 g/mol. The lowest BCUT2D eigenvalue weighted by atomic mass is 10.1. The second-order valence-electron chi connectivity index (χ2n) is 6.38. The van der Waals surface area contributed by atoms with E-state index in [0.29, 0.717) is 6.54 Å². The first-order chi connectivity index (χ1) is 10.1. The van der Waals surface area contributed by atoms with Crippen LogP contribution in [0.1, 0.15) is 64.7 Å². The summed E-state index contributed by atoms with van der Waals surface area (Å²) in [5, 5.41) is 3.30. The number of hydrogen-bond donors (Lipinski definition) is 2. The Morgan fingerprint density at radius 2 is 1.67 bits per heavy atom. The molecule has 1 unspecified atom stereocenters. The molecule has 124 valence electrons. The minimum absolute atomic E-state index is 0.113. The van der Waals surface area contributed by atoms with Crippen LogP contribution in [0.15, 0.2) is 0 Å². The molecule has 0 spiro atoms. The molecule has 0 bridgehead atoms. The summed E-state index contributed by atoms with van der Waals surface area (Å²) in [5.74, 6) is 0. The van der Waals surface area contributed by atoms with Gasteiger partial charge in [-0.1, -0.05) is 39.0 Å². The van der Waals surface area contributed by atoms with E-state index in [4.69, 9.17) is 0 Å². The molecule has 1 atom stereocenters. The largest absolute Gasteiger partial charge is 0.315 e. The zero-order valence-corrected chi connectivity index (χ0v) is 14.1. The molecule has 2 aliphatic rings. The van der Waals surface area contributed by atoms with Crippen LogP contribution >= 0.6 is 0 Å². The highest BCUT2D eigenvalue weighted by Crippen LogP contribution is 2.22. The minimum Gasteiger partial charge on any atom is -0.315 e. The van der Waals surface area contributed by atoms with E-state index in [0.717, 1.165) is 58.0 Å². The zero-order chi connectivity index (χ0) is 15.1.